The summed E-state index contributed by atoms with van der Waals surface area (Å²) >= 11 is 9.94. The van der Waals surface area contributed by atoms with Gasteiger partial charge in [0, 0.05) is 25.4 Å². The van der Waals surface area contributed by atoms with Gasteiger partial charge in [0.1, 0.15) is 5.82 Å². The highest BCUT2D eigenvalue weighted by Gasteiger charge is 2.13. The molecule has 0 aliphatic rings. The third kappa shape index (κ3) is 3.74. The fraction of sp³-hybridized carbons (Fsp3) is 0.0714. The van der Waals surface area contributed by atoms with Crippen LogP contribution in [0.2, 0.25) is 0 Å². The zero-order chi connectivity index (χ0) is 14.0. The van der Waals surface area contributed by atoms with E-state index < -0.39 is 0 Å². The molecule has 0 heterocycles. The predicted molar refractivity (Wildman–Crippen MR) is 84.0 cm³/mol. The molecule has 2 rings (SSSR count). The summed E-state index contributed by atoms with van der Waals surface area (Å²) in [5, 5.41) is 0. The summed E-state index contributed by atoms with van der Waals surface area (Å²) in [6, 6.07) is 9.88. The summed E-state index contributed by atoms with van der Waals surface area (Å²) < 4.78 is 15.9. The summed E-state index contributed by atoms with van der Waals surface area (Å²) in [7, 11) is 0. The fourth-order valence-electron chi connectivity index (χ4n) is 1.66. The maximum Gasteiger partial charge on any atom is 0.168 e. The first-order valence-electron chi connectivity index (χ1n) is 5.39. The molecule has 0 atom stereocenters. The Bertz CT molecular complexity index is 641. The number of carbonyl (C=O) groups excluding carboxylic acids is 1. The van der Waals surface area contributed by atoms with Gasteiger partial charge in [0.05, 0.1) is 0 Å². The topological polar surface area (TPSA) is 17.1 Å². The Balaban J connectivity index is 2.28. The largest absolute Gasteiger partial charge is 0.294 e. The second kappa shape index (κ2) is 6.29. The summed E-state index contributed by atoms with van der Waals surface area (Å²) in [5.74, 6) is -0.499. The molecule has 2 aromatic rings. The van der Waals surface area contributed by atoms with Gasteiger partial charge in [0.2, 0.25) is 0 Å². The van der Waals surface area contributed by atoms with Gasteiger partial charge in [-0.3, -0.25) is 4.79 Å². The molecule has 1 nitrogen and oxygen atoms in total. The Hall–Kier alpha value is -0.520. The van der Waals surface area contributed by atoms with Gasteiger partial charge in [-0.1, -0.05) is 47.8 Å². The maximum absolute atomic E-state index is 13.6. The van der Waals surface area contributed by atoms with E-state index in [-0.39, 0.29) is 18.0 Å². The second-order valence-electron chi connectivity index (χ2n) is 3.96. The quantitative estimate of drug-likeness (QED) is 0.561. The zero-order valence-electron chi connectivity index (χ0n) is 9.59. The van der Waals surface area contributed by atoms with Crippen molar-refractivity contribution in [1.29, 1.82) is 0 Å². The number of benzene rings is 2. The number of hydrogen-bond acceptors (Lipinski definition) is 1. The molecule has 0 saturated heterocycles. The van der Waals surface area contributed by atoms with Crippen LogP contribution in [0.5, 0.6) is 0 Å². The minimum Gasteiger partial charge on any atom is -0.294 e. The predicted octanol–water partition coefficient (Wildman–Crippen LogP) is 5.54. The van der Waals surface area contributed by atoms with Crippen molar-refractivity contribution in [2.75, 3.05) is 0 Å². The van der Waals surface area contributed by atoms with E-state index in [0.717, 1.165) is 8.95 Å². The lowest BCUT2D eigenvalue weighted by molar-refractivity contribution is 0.0991. The minimum atomic E-state index is -0.371. The van der Waals surface area contributed by atoms with Crippen molar-refractivity contribution < 1.29 is 9.18 Å². The molecule has 0 aliphatic heterocycles. The molecule has 0 spiro atoms. The third-order valence-corrected chi connectivity index (χ3v) is 4.23. The van der Waals surface area contributed by atoms with E-state index in [2.05, 4.69) is 47.8 Å². The lowest BCUT2D eigenvalue weighted by atomic mass is 10.0. The van der Waals surface area contributed by atoms with Crippen molar-refractivity contribution in [2.24, 2.45) is 0 Å². The molecule has 0 aliphatic carbocycles. The van der Waals surface area contributed by atoms with E-state index in [1.54, 1.807) is 30.3 Å². The van der Waals surface area contributed by atoms with Crippen LogP contribution in [0.3, 0.4) is 0 Å². The van der Waals surface area contributed by atoms with Crippen LogP contribution in [0.4, 0.5) is 4.39 Å². The van der Waals surface area contributed by atoms with Crippen LogP contribution in [0.25, 0.3) is 0 Å². The summed E-state index contributed by atoms with van der Waals surface area (Å²) in [5.41, 5.74) is 0.928. The molecular formula is C14H8Br3FO. The van der Waals surface area contributed by atoms with E-state index in [0.29, 0.717) is 15.6 Å². The lowest BCUT2D eigenvalue weighted by Crippen LogP contribution is -2.06. The van der Waals surface area contributed by atoms with Crippen LogP contribution in [-0.4, -0.2) is 5.78 Å². The van der Waals surface area contributed by atoms with E-state index >= 15 is 0 Å². The molecule has 2 aromatic carbocycles. The van der Waals surface area contributed by atoms with Crippen molar-refractivity contribution in [3.8, 4) is 0 Å². The van der Waals surface area contributed by atoms with E-state index in [9.17, 15) is 9.18 Å². The fourth-order valence-corrected chi connectivity index (χ4v) is 3.34. The molecular weight excluding hydrogens is 443 g/mol. The molecule has 19 heavy (non-hydrogen) atoms. The Morgan fingerprint density at radius 3 is 2.32 bits per heavy atom. The van der Waals surface area contributed by atoms with Crippen LogP contribution >= 0.6 is 47.8 Å². The Labute approximate surface area is 135 Å². The number of carbonyl (C=O) groups is 1. The standard InChI is InChI=1S/C14H8Br3FO/c15-9-2-4-13(18)8(5-9)6-14(19)11-3-1-10(16)7-12(11)17/h1-5,7H,6H2. The first-order valence-corrected chi connectivity index (χ1v) is 7.77. The molecule has 98 valence electrons. The molecule has 0 amide bonds. The lowest BCUT2D eigenvalue weighted by Gasteiger charge is -2.06. The summed E-state index contributed by atoms with van der Waals surface area (Å²) in [4.78, 5) is 12.2. The number of halogens is 4. The monoisotopic (exact) mass is 448 g/mol. The van der Waals surface area contributed by atoms with Gasteiger partial charge in [0.15, 0.2) is 5.78 Å². The molecule has 0 radical (unpaired) electrons. The van der Waals surface area contributed by atoms with Crippen LogP contribution in [0.1, 0.15) is 15.9 Å². The highest BCUT2D eigenvalue weighted by molar-refractivity contribution is 9.11. The van der Waals surface area contributed by atoms with Crippen LogP contribution in [-0.2, 0) is 6.42 Å². The van der Waals surface area contributed by atoms with Gasteiger partial charge in [-0.2, -0.15) is 0 Å². The van der Waals surface area contributed by atoms with E-state index in [4.69, 9.17) is 0 Å². The normalized spacial score (nSPS) is 10.5. The van der Waals surface area contributed by atoms with Crippen molar-refractivity contribution in [3.05, 3.63) is 66.8 Å². The van der Waals surface area contributed by atoms with Crippen molar-refractivity contribution in [2.45, 2.75) is 6.42 Å². The van der Waals surface area contributed by atoms with Gasteiger partial charge in [-0.25, -0.2) is 4.39 Å². The number of ketones is 1. The molecule has 5 heteroatoms. The molecule has 0 unspecified atom stereocenters. The smallest absolute Gasteiger partial charge is 0.168 e. The van der Waals surface area contributed by atoms with Crippen LogP contribution in [0, 0.1) is 5.82 Å². The molecule has 0 saturated carbocycles. The molecule has 0 aromatic heterocycles. The van der Waals surface area contributed by atoms with Gasteiger partial charge in [-0.15, -0.1) is 0 Å². The minimum absolute atomic E-state index is 0.0332. The van der Waals surface area contributed by atoms with E-state index in [1.807, 2.05) is 0 Å². The SMILES string of the molecule is O=C(Cc1cc(Br)ccc1F)c1ccc(Br)cc1Br. The first-order chi connectivity index (χ1) is 8.97. The van der Waals surface area contributed by atoms with Gasteiger partial charge in [0.25, 0.3) is 0 Å². The Morgan fingerprint density at radius 1 is 1.00 bits per heavy atom. The highest BCUT2D eigenvalue weighted by atomic mass is 79.9. The average Bonchev–Trinajstić information content (AvgIpc) is 2.33. The number of Topliss-reactive ketones (excluding diaryl/α,β-unsaturated/α-hetero) is 1. The van der Waals surface area contributed by atoms with Crippen molar-refractivity contribution in [3.63, 3.8) is 0 Å². The Kier molecular flexibility index (Phi) is 4.92. The molecule has 0 fully saturated rings. The second-order valence-corrected chi connectivity index (χ2v) is 6.65. The van der Waals surface area contributed by atoms with Crippen molar-refractivity contribution in [1.82, 2.24) is 0 Å². The number of rotatable bonds is 3. The third-order valence-electron chi connectivity index (χ3n) is 2.59. The Morgan fingerprint density at radius 2 is 1.63 bits per heavy atom. The van der Waals surface area contributed by atoms with Crippen LogP contribution in [0.15, 0.2) is 49.8 Å². The van der Waals surface area contributed by atoms with Gasteiger partial charge < -0.3 is 0 Å². The maximum atomic E-state index is 13.6. The average molecular weight is 451 g/mol. The van der Waals surface area contributed by atoms with E-state index in [1.165, 1.54) is 6.07 Å². The zero-order valence-corrected chi connectivity index (χ0v) is 14.3. The summed E-state index contributed by atoms with van der Waals surface area (Å²) in [6.45, 7) is 0. The highest BCUT2D eigenvalue weighted by Crippen LogP contribution is 2.24. The summed E-state index contributed by atoms with van der Waals surface area (Å²) in [6.07, 6.45) is 0.0332. The van der Waals surface area contributed by atoms with Crippen molar-refractivity contribution >= 4 is 53.6 Å². The number of hydrogen-bond donors (Lipinski definition) is 0. The first kappa shape index (κ1) is 14.9. The molecule has 0 N–H and O–H groups in total. The van der Waals surface area contributed by atoms with Gasteiger partial charge >= 0.3 is 0 Å². The van der Waals surface area contributed by atoms with Crippen LogP contribution < -0.4 is 0 Å². The molecule has 0 bridgehead atoms. The van der Waals surface area contributed by atoms with Gasteiger partial charge in [-0.05, 0) is 42.0 Å².